The Morgan fingerprint density at radius 3 is 1.38 bits per heavy atom. The van der Waals surface area contributed by atoms with Gasteiger partial charge < -0.3 is 0 Å². The summed E-state index contributed by atoms with van der Waals surface area (Å²) < 4.78 is 0. The molecule has 0 heterocycles. The van der Waals surface area contributed by atoms with Crippen molar-refractivity contribution in [2.45, 2.75) is 41.5 Å². The van der Waals surface area contributed by atoms with Crippen LogP contribution in [-0.2, 0) is 0 Å². The fourth-order valence-electron chi connectivity index (χ4n) is 1.36. The summed E-state index contributed by atoms with van der Waals surface area (Å²) in [6.07, 6.45) is 0. The first-order valence-electron chi connectivity index (χ1n) is 4.71. The zero-order valence-corrected chi connectivity index (χ0v) is 9.91. The van der Waals surface area contributed by atoms with E-state index in [1.807, 2.05) is 6.92 Å². The van der Waals surface area contributed by atoms with Gasteiger partial charge in [0, 0.05) is 0 Å². The van der Waals surface area contributed by atoms with Gasteiger partial charge in [0.25, 0.3) is 0 Å². The third-order valence-electron chi connectivity index (χ3n) is 2.13. The largest absolute Gasteiger partial charge is 0.0955 e. The zero-order chi connectivity index (χ0) is 10.8. The molecule has 0 aliphatic heterocycles. The molecule has 0 heteroatoms. The topological polar surface area (TPSA) is 0 Å². The van der Waals surface area contributed by atoms with Crippen molar-refractivity contribution in [3.8, 4) is 0 Å². The third kappa shape index (κ3) is 3.22. The van der Waals surface area contributed by atoms with Crippen LogP contribution >= 0.6 is 0 Å². The lowest BCUT2D eigenvalue weighted by atomic mass is 9.79. The van der Waals surface area contributed by atoms with Crippen molar-refractivity contribution in [1.82, 2.24) is 0 Å². The maximum absolute atomic E-state index is 4.15. The molecule has 0 aliphatic rings. The molecule has 0 saturated carbocycles. The minimum absolute atomic E-state index is 0.131. The van der Waals surface area contributed by atoms with Gasteiger partial charge in [-0.15, -0.1) is 0 Å². The number of allylic oxidation sites excluding steroid dienone is 4. The molecule has 0 nitrogen and oxygen atoms in total. The van der Waals surface area contributed by atoms with Crippen molar-refractivity contribution in [3.63, 3.8) is 0 Å². The molecule has 0 amide bonds. The summed E-state index contributed by atoms with van der Waals surface area (Å²) in [7, 11) is 0. The highest BCUT2D eigenvalue weighted by Gasteiger charge is 2.19. The molecule has 0 bridgehead atoms. The van der Waals surface area contributed by atoms with E-state index < -0.39 is 0 Å². The number of hydrogen-bond donors (Lipinski definition) is 0. The van der Waals surface area contributed by atoms with E-state index in [2.05, 4.69) is 47.8 Å². The second-order valence-electron chi connectivity index (χ2n) is 4.88. The lowest BCUT2D eigenvalue weighted by molar-refractivity contribution is 0.512. The highest BCUT2D eigenvalue weighted by Crippen LogP contribution is 2.34. The Hall–Kier alpha value is -0.780. The standard InChI is InChI=1S/C13H22/c1-9(2)12(10(3)4)11(5)13(6,7)8/h1,5H2,2-4,6-8H3. The van der Waals surface area contributed by atoms with Crippen LogP contribution in [-0.4, -0.2) is 0 Å². The molecule has 0 aromatic carbocycles. The molecule has 0 aromatic rings. The number of hydrogen-bond acceptors (Lipinski definition) is 0. The second kappa shape index (κ2) is 3.95. The Kier molecular flexibility index (Phi) is 3.71. The van der Waals surface area contributed by atoms with Crippen molar-refractivity contribution in [3.05, 3.63) is 35.5 Å². The summed E-state index contributed by atoms with van der Waals surface area (Å²) in [5, 5.41) is 0. The first kappa shape index (κ1) is 12.2. The maximum Gasteiger partial charge on any atom is -0.0132 e. The van der Waals surface area contributed by atoms with Gasteiger partial charge in [0.15, 0.2) is 0 Å². The van der Waals surface area contributed by atoms with E-state index in [1.165, 1.54) is 16.7 Å². The Labute approximate surface area is 83.0 Å². The molecular formula is C13H22. The van der Waals surface area contributed by atoms with E-state index in [1.54, 1.807) is 0 Å². The van der Waals surface area contributed by atoms with E-state index >= 15 is 0 Å². The Morgan fingerprint density at radius 1 is 0.923 bits per heavy atom. The molecule has 0 aliphatic carbocycles. The summed E-state index contributed by atoms with van der Waals surface area (Å²) in [6, 6.07) is 0. The Bertz CT molecular complexity index is 252. The molecule has 0 spiro atoms. The van der Waals surface area contributed by atoms with Crippen LogP contribution in [0.25, 0.3) is 0 Å². The summed E-state index contributed by atoms with van der Waals surface area (Å²) in [4.78, 5) is 0. The normalized spacial score (nSPS) is 10.9. The average molecular weight is 178 g/mol. The molecule has 0 radical (unpaired) electrons. The first-order chi connectivity index (χ1) is 5.68. The van der Waals surface area contributed by atoms with Gasteiger partial charge in [0.2, 0.25) is 0 Å². The van der Waals surface area contributed by atoms with E-state index in [9.17, 15) is 0 Å². The lowest BCUT2D eigenvalue weighted by Gasteiger charge is -2.25. The molecule has 13 heavy (non-hydrogen) atoms. The fourth-order valence-corrected chi connectivity index (χ4v) is 1.36. The van der Waals surface area contributed by atoms with Gasteiger partial charge in [-0.2, -0.15) is 0 Å². The molecular weight excluding hydrogens is 156 g/mol. The average Bonchev–Trinajstić information content (AvgIpc) is 1.82. The zero-order valence-electron chi connectivity index (χ0n) is 9.91. The summed E-state index contributed by atoms with van der Waals surface area (Å²) in [6.45, 7) is 21.0. The molecule has 0 atom stereocenters. The van der Waals surface area contributed by atoms with Gasteiger partial charge >= 0.3 is 0 Å². The molecule has 74 valence electrons. The van der Waals surface area contributed by atoms with Crippen LogP contribution in [0.3, 0.4) is 0 Å². The quantitative estimate of drug-likeness (QED) is 0.546. The van der Waals surface area contributed by atoms with Gasteiger partial charge in [-0.05, 0) is 37.3 Å². The highest BCUT2D eigenvalue weighted by molar-refractivity contribution is 5.47. The van der Waals surface area contributed by atoms with Crippen molar-refractivity contribution < 1.29 is 0 Å². The van der Waals surface area contributed by atoms with Crippen molar-refractivity contribution in [1.29, 1.82) is 0 Å². The predicted molar refractivity (Wildman–Crippen MR) is 61.8 cm³/mol. The lowest BCUT2D eigenvalue weighted by Crippen LogP contribution is -2.11. The van der Waals surface area contributed by atoms with Crippen LogP contribution in [0.1, 0.15) is 41.5 Å². The molecule has 0 fully saturated rings. The maximum atomic E-state index is 4.15. The summed E-state index contributed by atoms with van der Waals surface area (Å²) in [5.41, 5.74) is 4.96. The third-order valence-corrected chi connectivity index (χ3v) is 2.13. The van der Waals surface area contributed by atoms with E-state index in [0.717, 1.165) is 5.57 Å². The van der Waals surface area contributed by atoms with E-state index in [0.29, 0.717) is 0 Å². The fraction of sp³-hybridized carbons (Fsp3) is 0.538. The van der Waals surface area contributed by atoms with Crippen molar-refractivity contribution in [2.24, 2.45) is 5.41 Å². The van der Waals surface area contributed by atoms with E-state index in [4.69, 9.17) is 0 Å². The van der Waals surface area contributed by atoms with Crippen molar-refractivity contribution in [2.75, 3.05) is 0 Å². The number of rotatable bonds is 2. The molecule has 0 saturated heterocycles. The Morgan fingerprint density at radius 2 is 1.31 bits per heavy atom. The van der Waals surface area contributed by atoms with Crippen LogP contribution in [0.4, 0.5) is 0 Å². The first-order valence-corrected chi connectivity index (χ1v) is 4.71. The SMILES string of the molecule is C=C(C)C(C(=C)C(C)(C)C)=C(C)C. The molecule has 0 aromatic heterocycles. The predicted octanol–water partition coefficient (Wildman–Crippen LogP) is 4.50. The van der Waals surface area contributed by atoms with Crippen LogP contribution in [0.15, 0.2) is 35.5 Å². The van der Waals surface area contributed by atoms with Gasteiger partial charge in [-0.1, -0.05) is 45.1 Å². The monoisotopic (exact) mass is 178 g/mol. The van der Waals surface area contributed by atoms with Crippen LogP contribution in [0.2, 0.25) is 0 Å². The minimum Gasteiger partial charge on any atom is -0.0955 e. The van der Waals surface area contributed by atoms with Crippen LogP contribution in [0, 0.1) is 5.41 Å². The van der Waals surface area contributed by atoms with Gasteiger partial charge in [0.05, 0.1) is 0 Å². The molecule has 0 rings (SSSR count). The Balaban J connectivity index is 5.16. The molecule has 0 unspecified atom stereocenters. The van der Waals surface area contributed by atoms with Gasteiger partial charge in [0.1, 0.15) is 0 Å². The van der Waals surface area contributed by atoms with Gasteiger partial charge in [-0.3, -0.25) is 0 Å². The smallest absolute Gasteiger partial charge is 0.0132 e. The molecule has 0 N–H and O–H groups in total. The van der Waals surface area contributed by atoms with E-state index in [-0.39, 0.29) is 5.41 Å². The van der Waals surface area contributed by atoms with Crippen LogP contribution < -0.4 is 0 Å². The van der Waals surface area contributed by atoms with Crippen molar-refractivity contribution >= 4 is 0 Å². The highest BCUT2D eigenvalue weighted by atomic mass is 14.2. The van der Waals surface area contributed by atoms with Crippen LogP contribution in [0.5, 0.6) is 0 Å². The minimum atomic E-state index is 0.131. The summed E-state index contributed by atoms with van der Waals surface area (Å²) in [5.74, 6) is 0. The summed E-state index contributed by atoms with van der Waals surface area (Å²) >= 11 is 0. The second-order valence-corrected chi connectivity index (χ2v) is 4.88. The van der Waals surface area contributed by atoms with Gasteiger partial charge in [-0.25, -0.2) is 0 Å².